The molecule has 2 atom stereocenters. The second-order valence-electron chi connectivity index (χ2n) is 4.88. The molecule has 0 bridgehead atoms. The van der Waals surface area contributed by atoms with Gasteiger partial charge in [0.25, 0.3) is 0 Å². The number of hydrogen-bond acceptors (Lipinski definition) is 2. The minimum atomic E-state index is -0.604. The summed E-state index contributed by atoms with van der Waals surface area (Å²) in [7, 11) is 0. The van der Waals surface area contributed by atoms with Gasteiger partial charge in [-0.3, -0.25) is 0 Å². The van der Waals surface area contributed by atoms with Crippen molar-refractivity contribution in [1.29, 1.82) is 0 Å². The van der Waals surface area contributed by atoms with Gasteiger partial charge in [-0.15, -0.1) is 0 Å². The Kier molecular flexibility index (Phi) is 5.15. The van der Waals surface area contributed by atoms with Crippen LogP contribution in [-0.4, -0.2) is 12.1 Å². The van der Waals surface area contributed by atoms with Gasteiger partial charge in [-0.05, 0) is 43.2 Å². The van der Waals surface area contributed by atoms with Crippen LogP contribution in [0.15, 0.2) is 42.5 Å². The zero-order valence-electron chi connectivity index (χ0n) is 11.5. The summed E-state index contributed by atoms with van der Waals surface area (Å²) in [6.07, 6.45) is -0.0821. The first-order valence-electron chi connectivity index (χ1n) is 6.57. The molecule has 2 unspecified atom stereocenters. The van der Waals surface area contributed by atoms with Gasteiger partial charge in [0.15, 0.2) is 0 Å². The number of rotatable bonds is 5. The average Bonchev–Trinajstić information content (AvgIpc) is 2.41. The van der Waals surface area contributed by atoms with Crippen LogP contribution in [0.1, 0.15) is 12.5 Å². The molecule has 0 radical (unpaired) electrons. The second-order valence-corrected chi connectivity index (χ2v) is 5.32. The predicted molar refractivity (Wildman–Crippen MR) is 79.6 cm³/mol. The van der Waals surface area contributed by atoms with E-state index in [1.54, 1.807) is 31.2 Å². The molecule has 5 heteroatoms. The normalized spacial score (nSPS) is 13.8. The van der Waals surface area contributed by atoms with Crippen molar-refractivity contribution in [3.05, 3.63) is 64.7 Å². The average molecular weight is 312 g/mol. The molecule has 0 aliphatic carbocycles. The van der Waals surface area contributed by atoms with Crippen molar-refractivity contribution in [3.8, 4) is 5.75 Å². The molecule has 0 fully saturated rings. The Balaban J connectivity index is 2.00. The topological polar surface area (TPSA) is 35.2 Å². The van der Waals surface area contributed by atoms with Crippen LogP contribution in [0.5, 0.6) is 5.75 Å². The molecule has 2 aromatic carbocycles. The van der Waals surface area contributed by atoms with E-state index in [4.69, 9.17) is 22.1 Å². The third-order valence-electron chi connectivity index (χ3n) is 3.19. The minimum absolute atomic E-state index is 0.258. The summed E-state index contributed by atoms with van der Waals surface area (Å²) < 4.78 is 32.1. The van der Waals surface area contributed by atoms with Crippen molar-refractivity contribution in [2.45, 2.75) is 25.5 Å². The summed E-state index contributed by atoms with van der Waals surface area (Å²) in [4.78, 5) is 0. The molecule has 0 amide bonds. The van der Waals surface area contributed by atoms with Gasteiger partial charge >= 0.3 is 0 Å². The van der Waals surface area contributed by atoms with Gasteiger partial charge in [0, 0.05) is 17.1 Å². The van der Waals surface area contributed by atoms with Crippen LogP contribution in [0, 0.1) is 11.6 Å². The number of hydrogen-bond donors (Lipinski definition) is 1. The molecular formula is C16H16ClF2NO. The van der Waals surface area contributed by atoms with Gasteiger partial charge in [-0.1, -0.05) is 23.7 Å². The Morgan fingerprint density at radius 1 is 1.19 bits per heavy atom. The first-order chi connectivity index (χ1) is 9.95. The van der Waals surface area contributed by atoms with E-state index in [0.717, 1.165) is 6.07 Å². The fraction of sp³-hybridized carbons (Fsp3) is 0.250. The fourth-order valence-corrected chi connectivity index (χ4v) is 2.13. The molecule has 2 N–H and O–H groups in total. The van der Waals surface area contributed by atoms with E-state index in [1.807, 2.05) is 0 Å². The Hall–Kier alpha value is -1.65. The van der Waals surface area contributed by atoms with Gasteiger partial charge in [0.1, 0.15) is 23.5 Å². The lowest BCUT2D eigenvalue weighted by Gasteiger charge is -2.22. The lowest BCUT2D eigenvalue weighted by atomic mass is 10.0. The Bertz CT molecular complexity index is 621. The Labute approximate surface area is 127 Å². The molecule has 0 aromatic heterocycles. The standard InChI is InChI=1S/C16H16ClF2NO/c1-10(21-14-4-2-3-12(17)8-14)16(20)7-11-5-6-13(18)9-15(11)19/h2-6,8-10,16H,7,20H2,1H3. The largest absolute Gasteiger partial charge is 0.489 e. The van der Waals surface area contributed by atoms with Gasteiger partial charge in [0.2, 0.25) is 0 Å². The van der Waals surface area contributed by atoms with Crippen LogP contribution in [0.3, 0.4) is 0 Å². The van der Waals surface area contributed by atoms with Crippen LogP contribution in [-0.2, 0) is 6.42 Å². The predicted octanol–water partition coefficient (Wildman–Crippen LogP) is 3.96. The molecule has 21 heavy (non-hydrogen) atoms. The van der Waals surface area contributed by atoms with E-state index >= 15 is 0 Å². The highest BCUT2D eigenvalue weighted by molar-refractivity contribution is 6.30. The van der Waals surface area contributed by atoms with Gasteiger partial charge < -0.3 is 10.5 Å². The van der Waals surface area contributed by atoms with E-state index in [-0.39, 0.29) is 12.5 Å². The SMILES string of the molecule is CC(Oc1cccc(Cl)c1)C(N)Cc1ccc(F)cc1F. The maximum atomic E-state index is 13.6. The molecule has 0 spiro atoms. The third-order valence-corrected chi connectivity index (χ3v) is 3.43. The summed E-state index contributed by atoms with van der Waals surface area (Å²) >= 11 is 5.88. The molecule has 2 nitrogen and oxygen atoms in total. The van der Waals surface area contributed by atoms with Crippen LogP contribution in [0.2, 0.25) is 5.02 Å². The smallest absolute Gasteiger partial charge is 0.129 e. The van der Waals surface area contributed by atoms with E-state index < -0.39 is 17.7 Å². The maximum Gasteiger partial charge on any atom is 0.129 e. The van der Waals surface area contributed by atoms with E-state index in [9.17, 15) is 8.78 Å². The highest BCUT2D eigenvalue weighted by Gasteiger charge is 2.17. The lowest BCUT2D eigenvalue weighted by molar-refractivity contribution is 0.188. The monoisotopic (exact) mass is 311 g/mol. The third kappa shape index (κ3) is 4.41. The molecule has 0 heterocycles. The molecule has 0 aliphatic rings. The molecule has 0 aliphatic heterocycles. The molecule has 2 aromatic rings. The van der Waals surface area contributed by atoms with Gasteiger partial charge in [-0.25, -0.2) is 8.78 Å². The van der Waals surface area contributed by atoms with Crippen molar-refractivity contribution in [2.75, 3.05) is 0 Å². The summed E-state index contributed by atoms with van der Waals surface area (Å²) in [5.74, 6) is -0.599. The highest BCUT2D eigenvalue weighted by atomic mass is 35.5. The van der Waals surface area contributed by atoms with Crippen molar-refractivity contribution >= 4 is 11.6 Å². The van der Waals surface area contributed by atoms with Crippen molar-refractivity contribution in [2.24, 2.45) is 5.73 Å². The van der Waals surface area contributed by atoms with Crippen molar-refractivity contribution in [1.82, 2.24) is 0 Å². The van der Waals surface area contributed by atoms with Crippen LogP contribution in [0.4, 0.5) is 8.78 Å². The molecule has 0 saturated carbocycles. The molecule has 112 valence electrons. The van der Waals surface area contributed by atoms with Crippen molar-refractivity contribution in [3.63, 3.8) is 0 Å². The molecule has 2 rings (SSSR count). The minimum Gasteiger partial charge on any atom is -0.489 e. The number of halogens is 3. The van der Waals surface area contributed by atoms with Crippen LogP contribution in [0.25, 0.3) is 0 Å². The van der Waals surface area contributed by atoms with Gasteiger partial charge in [0.05, 0.1) is 0 Å². The zero-order chi connectivity index (χ0) is 15.4. The van der Waals surface area contributed by atoms with E-state index in [1.165, 1.54) is 12.1 Å². The maximum absolute atomic E-state index is 13.6. The van der Waals surface area contributed by atoms with E-state index in [2.05, 4.69) is 0 Å². The van der Waals surface area contributed by atoms with Gasteiger partial charge in [-0.2, -0.15) is 0 Å². The quantitative estimate of drug-likeness (QED) is 0.907. The first kappa shape index (κ1) is 15.7. The molecular weight excluding hydrogens is 296 g/mol. The number of benzene rings is 2. The van der Waals surface area contributed by atoms with Crippen molar-refractivity contribution < 1.29 is 13.5 Å². The summed E-state index contributed by atoms with van der Waals surface area (Å²) in [6.45, 7) is 1.80. The first-order valence-corrected chi connectivity index (χ1v) is 6.95. The highest BCUT2D eigenvalue weighted by Crippen LogP contribution is 2.20. The number of nitrogens with two attached hydrogens (primary N) is 1. The molecule has 0 saturated heterocycles. The fourth-order valence-electron chi connectivity index (χ4n) is 1.95. The zero-order valence-corrected chi connectivity index (χ0v) is 12.3. The summed E-state index contributed by atoms with van der Waals surface area (Å²) in [5, 5.41) is 0.567. The second kappa shape index (κ2) is 6.87. The summed E-state index contributed by atoms with van der Waals surface area (Å²) in [5.41, 5.74) is 6.39. The Morgan fingerprint density at radius 3 is 2.62 bits per heavy atom. The lowest BCUT2D eigenvalue weighted by Crippen LogP contribution is -2.38. The van der Waals surface area contributed by atoms with Crippen LogP contribution >= 0.6 is 11.6 Å². The van der Waals surface area contributed by atoms with Crippen LogP contribution < -0.4 is 10.5 Å². The number of ether oxygens (including phenoxy) is 1. The summed E-state index contributed by atoms with van der Waals surface area (Å²) in [6, 6.07) is 10.0. The Morgan fingerprint density at radius 2 is 1.95 bits per heavy atom. The van der Waals surface area contributed by atoms with E-state index in [0.29, 0.717) is 16.3 Å².